The van der Waals surface area contributed by atoms with Crippen LogP contribution in [0.3, 0.4) is 0 Å². The van der Waals surface area contributed by atoms with E-state index in [0.717, 1.165) is 24.8 Å². The first-order valence-corrected chi connectivity index (χ1v) is 7.15. The minimum Gasteiger partial charge on any atom is -0.461 e. The Hall–Kier alpha value is -1.84. The van der Waals surface area contributed by atoms with E-state index >= 15 is 0 Å². The van der Waals surface area contributed by atoms with Gasteiger partial charge >= 0.3 is 5.97 Å². The van der Waals surface area contributed by atoms with Crippen LogP contribution in [0.15, 0.2) is 30.3 Å². The van der Waals surface area contributed by atoms with E-state index in [9.17, 15) is 9.59 Å². The second-order valence-corrected chi connectivity index (χ2v) is 5.39. The number of nitrogens with one attached hydrogen (secondary N) is 1. The molecule has 2 rings (SSSR count). The van der Waals surface area contributed by atoms with E-state index in [4.69, 9.17) is 4.74 Å². The fourth-order valence-corrected chi connectivity index (χ4v) is 2.43. The van der Waals surface area contributed by atoms with Crippen LogP contribution in [0.1, 0.15) is 38.2 Å². The van der Waals surface area contributed by atoms with Gasteiger partial charge in [0.05, 0.1) is 6.42 Å². The predicted octanol–water partition coefficient (Wildman–Crippen LogP) is 2.42. The summed E-state index contributed by atoms with van der Waals surface area (Å²) in [4.78, 5) is 23.7. The molecule has 1 N–H and O–H groups in total. The zero-order valence-electron chi connectivity index (χ0n) is 11.8. The minimum atomic E-state index is -0.302. The van der Waals surface area contributed by atoms with Crippen molar-refractivity contribution >= 4 is 11.9 Å². The van der Waals surface area contributed by atoms with Crippen LogP contribution in [0.4, 0.5) is 0 Å². The zero-order chi connectivity index (χ0) is 14.4. The minimum absolute atomic E-state index is 0.0216. The summed E-state index contributed by atoms with van der Waals surface area (Å²) in [7, 11) is 0. The molecule has 4 nitrogen and oxygen atoms in total. The molecule has 1 amide bonds. The average Bonchev–Trinajstić information content (AvgIpc) is 2.59. The maximum absolute atomic E-state index is 11.9. The summed E-state index contributed by atoms with van der Waals surface area (Å²) in [6.45, 7) is 2.26. The molecule has 1 aromatic rings. The molecule has 20 heavy (non-hydrogen) atoms. The number of amides is 1. The van der Waals surface area contributed by atoms with Crippen molar-refractivity contribution in [2.24, 2.45) is 5.92 Å². The highest BCUT2D eigenvalue weighted by molar-refractivity contribution is 5.84. The number of esters is 1. The first kappa shape index (κ1) is 14.6. The lowest BCUT2D eigenvalue weighted by molar-refractivity contribution is -0.148. The molecular formula is C16H21NO3. The molecule has 0 unspecified atom stereocenters. The van der Waals surface area contributed by atoms with Crippen molar-refractivity contribution in [2.45, 2.75) is 45.3 Å². The highest BCUT2D eigenvalue weighted by Crippen LogP contribution is 2.19. The molecule has 1 aliphatic heterocycles. The Kier molecular flexibility index (Phi) is 5.16. The molecule has 0 aliphatic carbocycles. The summed E-state index contributed by atoms with van der Waals surface area (Å²) >= 11 is 0. The molecule has 0 radical (unpaired) electrons. The molecule has 4 heteroatoms. The Morgan fingerprint density at radius 2 is 2.05 bits per heavy atom. The summed E-state index contributed by atoms with van der Waals surface area (Å²) in [6.07, 6.45) is 2.87. The number of rotatable bonds is 4. The van der Waals surface area contributed by atoms with Gasteiger partial charge in [0.2, 0.25) is 5.91 Å². The monoisotopic (exact) mass is 275 g/mol. The van der Waals surface area contributed by atoms with Crippen LogP contribution in [0.2, 0.25) is 0 Å². The van der Waals surface area contributed by atoms with Crippen molar-refractivity contribution in [3.05, 3.63) is 35.9 Å². The van der Waals surface area contributed by atoms with Gasteiger partial charge in [-0.25, -0.2) is 0 Å². The van der Waals surface area contributed by atoms with Crippen molar-refractivity contribution in [2.75, 3.05) is 0 Å². The lowest BCUT2D eigenvalue weighted by atomic mass is 9.99. The second kappa shape index (κ2) is 7.08. The normalized spacial score (nSPS) is 22.8. The lowest BCUT2D eigenvalue weighted by Crippen LogP contribution is -2.35. The van der Waals surface area contributed by atoms with Gasteiger partial charge in [-0.1, -0.05) is 36.8 Å². The Morgan fingerprint density at radius 3 is 2.80 bits per heavy atom. The fourth-order valence-electron chi connectivity index (χ4n) is 2.43. The average molecular weight is 275 g/mol. The number of carbonyl (C=O) groups is 2. The summed E-state index contributed by atoms with van der Waals surface area (Å²) in [5.41, 5.74) is 0.958. The van der Waals surface area contributed by atoms with Gasteiger partial charge in [0.25, 0.3) is 0 Å². The van der Waals surface area contributed by atoms with Crippen LogP contribution in [-0.2, 0) is 20.9 Å². The molecule has 0 saturated carbocycles. The maximum atomic E-state index is 11.9. The van der Waals surface area contributed by atoms with E-state index in [2.05, 4.69) is 5.32 Å². The smallest absolute Gasteiger partial charge is 0.306 e. The Morgan fingerprint density at radius 1 is 1.30 bits per heavy atom. The molecular weight excluding hydrogens is 254 g/mol. The largest absolute Gasteiger partial charge is 0.461 e. The molecule has 1 saturated heterocycles. The number of ether oxygens (including phenoxy) is 1. The summed E-state index contributed by atoms with van der Waals surface area (Å²) in [5, 5.41) is 2.92. The highest BCUT2D eigenvalue weighted by atomic mass is 16.5. The van der Waals surface area contributed by atoms with Crippen LogP contribution in [0.5, 0.6) is 0 Å². The van der Waals surface area contributed by atoms with Gasteiger partial charge in [-0.3, -0.25) is 9.59 Å². The van der Waals surface area contributed by atoms with Gasteiger partial charge in [-0.05, 0) is 25.3 Å². The van der Waals surface area contributed by atoms with Crippen molar-refractivity contribution in [1.29, 1.82) is 0 Å². The Balaban J connectivity index is 1.80. The fraction of sp³-hybridized carbons (Fsp3) is 0.500. The third-order valence-electron chi connectivity index (χ3n) is 3.60. The Bertz CT molecular complexity index is 458. The first-order valence-electron chi connectivity index (χ1n) is 7.15. The lowest BCUT2D eigenvalue weighted by Gasteiger charge is -2.14. The molecule has 0 spiro atoms. The number of benzene rings is 1. The van der Waals surface area contributed by atoms with E-state index in [0.29, 0.717) is 0 Å². The van der Waals surface area contributed by atoms with Crippen molar-refractivity contribution in [3.63, 3.8) is 0 Å². The summed E-state index contributed by atoms with van der Waals surface area (Å²) in [5.74, 6) is -0.571. The third-order valence-corrected chi connectivity index (χ3v) is 3.60. The van der Waals surface area contributed by atoms with E-state index in [1.807, 2.05) is 37.3 Å². The van der Waals surface area contributed by atoms with E-state index in [-0.39, 0.29) is 36.9 Å². The maximum Gasteiger partial charge on any atom is 0.306 e. The highest BCUT2D eigenvalue weighted by Gasteiger charge is 2.26. The molecule has 1 heterocycles. The predicted molar refractivity (Wildman–Crippen MR) is 75.8 cm³/mol. The summed E-state index contributed by atoms with van der Waals surface area (Å²) < 4.78 is 5.23. The number of hydrogen-bond donors (Lipinski definition) is 1. The summed E-state index contributed by atoms with van der Waals surface area (Å²) in [6, 6.07) is 9.75. The van der Waals surface area contributed by atoms with Gasteiger partial charge < -0.3 is 10.1 Å². The van der Waals surface area contributed by atoms with Crippen molar-refractivity contribution in [1.82, 2.24) is 5.32 Å². The van der Waals surface area contributed by atoms with Crippen molar-refractivity contribution < 1.29 is 14.3 Å². The molecule has 108 valence electrons. The Labute approximate surface area is 119 Å². The van der Waals surface area contributed by atoms with Gasteiger partial charge in [0.1, 0.15) is 6.61 Å². The van der Waals surface area contributed by atoms with Crippen molar-refractivity contribution in [3.8, 4) is 0 Å². The van der Waals surface area contributed by atoms with E-state index in [1.165, 1.54) is 0 Å². The molecule has 2 atom stereocenters. The molecule has 1 fully saturated rings. The van der Waals surface area contributed by atoms with Crippen LogP contribution in [0, 0.1) is 5.92 Å². The third kappa shape index (κ3) is 4.37. The number of carbonyl (C=O) groups excluding carboxylic acids is 2. The van der Waals surface area contributed by atoms with E-state index in [1.54, 1.807) is 0 Å². The SMILES string of the molecule is C[C@@H]1CCC[C@H](CC(=O)OCc2ccccc2)C(=O)N1. The zero-order valence-corrected chi connectivity index (χ0v) is 11.8. The topological polar surface area (TPSA) is 55.4 Å². The molecule has 1 aromatic carbocycles. The van der Waals surface area contributed by atoms with Crippen LogP contribution in [-0.4, -0.2) is 17.9 Å². The van der Waals surface area contributed by atoms with E-state index < -0.39 is 0 Å². The second-order valence-electron chi connectivity index (χ2n) is 5.39. The standard InChI is InChI=1S/C16H21NO3/c1-12-6-5-9-14(16(19)17-12)10-15(18)20-11-13-7-3-2-4-8-13/h2-4,7-8,12,14H,5-6,9-11H2,1H3,(H,17,19)/t12-,14-/m1/s1. The van der Waals surface area contributed by atoms with Crippen LogP contribution in [0.25, 0.3) is 0 Å². The first-order chi connectivity index (χ1) is 9.65. The van der Waals surface area contributed by atoms with Gasteiger partial charge in [-0.2, -0.15) is 0 Å². The number of hydrogen-bond acceptors (Lipinski definition) is 3. The molecule has 0 aromatic heterocycles. The molecule has 1 aliphatic rings. The van der Waals surface area contributed by atoms with Gasteiger partial charge in [-0.15, -0.1) is 0 Å². The van der Waals surface area contributed by atoms with Gasteiger partial charge in [0, 0.05) is 12.0 Å². The van der Waals surface area contributed by atoms with Gasteiger partial charge in [0.15, 0.2) is 0 Å². The van der Waals surface area contributed by atoms with Crippen LogP contribution < -0.4 is 5.32 Å². The quantitative estimate of drug-likeness (QED) is 0.859. The van der Waals surface area contributed by atoms with Crippen LogP contribution >= 0.6 is 0 Å². The molecule has 0 bridgehead atoms.